The number of aryl methyl sites for hydroxylation is 1. The molecule has 20 nitrogen and oxygen atoms in total. The van der Waals surface area contributed by atoms with E-state index in [1.54, 1.807) is 0 Å². The van der Waals surface area contributed by atoms with Crippen LogP contribution in [0.3, 0.4) is 0 Å². The lowest BCUT2D eigenvalue weighted by atomic mass is 10.0. The molecule has 2 amide bonds. The van der Waals surface area contributed by atoms with Gasteiger partial charge in [0.2, 0.25) is 0 Å². The number of ether oxygens (including phenoxy) is 3. The van der Waals surface area contributed by atoms with Crippen molar-refractivity contribution in [1.29, 1.82) is 10.5 Å². The highest BCUT2D eigenvalue weighted by molar-refractivity contribution is 5.95. The lowest BCUT2D eigenvalue weighted by molar-refractivity contribution is 0.0700. The smallest absolute Gasteiger partial charge is 0.419 e. The predicted octanol–water partition coefficient (Wildman–Crippen LogP) is 4.04. The average molecular weight is 954 g/mol. The molecule has 0 aliphatic carbocycles. The van der Waals surface area contributed by atoms with Crippen molar-refractivity contribution < 1.29 is 23.8 Å². The zero-order valence-corrected chi connectivity index (χ0v) is 40.6. The van der Waals surface area contributed by atoms with Crippen LogP contribution in [-0.4, -0.2) is 174 Å². The van der Waals surface area contributed by atoms with Crippen molar-refractivity contribution in [3.05, 3.63) is 58.7 Å². The summed E-state index contributed by atoms with van der Waals surface area (Å²) in [5.41, 5.74) is 5.83. The number of anilines is 3. The molecule has 1 aromatic carbocycles. The molecule has 4 atom stereocenters. The van der Waals surface area contributed by atoms with Gasteiger partial charge in [-0.05, 0) is 79.2 Å². The summed E-state index contributed by atoms with van der Waals surface area (Å²) < 4.78 is 18.3. The van der Waals surface area contributed by atoms with Crippen LogP contribution in [0, 0.1) is 29.6 Å². The zero-order chi connectivity index (χ0) is 48.3. The number of nitrogens with zero attached hydrogens (tertiary/aromatic N) is 14. The Balaban J connectivity index is 0.839. The molecular formula is C50H63N15O5. The Labute approximate surface area is 409 Å². The second-order valence-corrected chi connectivity index (χ2v) is 19.5. The molecule has 3 aromatic heterocycles. The summed E-state index contributed by atoms with van der Waals surface area (Å²) >= 11 is 0. The molecule has 70 heavy (non-hydrogen) atoms. The van der Waals surface area contributed by atoms with Crippen LogP contribution in [0.2, 0.25) is 0 Å². The third kappa shape index (κ3) is 9.77. The molecule has 6 aliphatic heterocycles. The van der Waals surface area contributed by atoms with E-state index in [4.69, 9.17) is 39.1 Å². The molecule has 1 N–H and O–H groups in total. The summed E-state index contributed by atoms with van der Waals surface area (Å²) in [6, 6.07) is 12.8. The number of rotatable bonds is 11. The number of fused-ring (bicyclic) bond motifs is 3. The number of amides is 2. The number of hydrogen-bond acceptors (Lipinski definition) is 18. The van der Waals surface area contributed by atoms with Crippen molar-refractivity contribution in [1.82, 2.24) is 49.8 Å². The van der Waals surface area contributed by atoms with Crippen molar-refractivity contribution in [3.63, 3.8) is 0 Å². The van der Waals surface area contributed by atoms with Crippen LogP contribution in [0.4, 0.5) is 26.9 Å². The average Bonchev–Trinajstić information content (AvgIpc) is 4.00. The maximum atomic E-state index is 14.1. The molecular weight excluding hydrogens is 891 g/mol. The van der Waals surface area contributed by atoms with Crippen LogP contribution < -0.4 is 29.5 Å². The van der Waals surface area contributed by atoms with Gasteiger partial charge in [0, 0.05) is 92.5 Å². The number of likely N-dealkylation sites (tertiary alicyclic amines) is 2. The van der Waals surface area contributed by atoms with Gasteiger partial charge < -0.3 is 53.8 Å². The van der Waals surface area contributed by atoms with Gasteiger partial charge in [-0.25, -0.2) is 9.59 Å². The molecule has 4 aromatic rings. The number of carbonyl (C=O) groups excluding carboxylic acids is 2. The number of pyridine rings is 1. The van der Waals surface area contributed by atoms with E-state index in [2.05, 4.69) is 74.2 Å². The van der Waals surface area contributed by atoms with E-state index >= 15 is 0 Å². The molecule has 10 rings (SSSR count). The number of benzene rings is 1. The maximum Gasteiger partial charge on any atom is 0.419 e. The van der Waals surface area contributed by atoms with Gasteiger partial charge in [-0.2, -0.15) is 30.5 Å². The van der Waals surface area contributed by atoms with E-state index in [9.17, 15) is 20.1 Å². The third-order valence-corrected chi connectivity index (χ3v) is 15.2. The van der Waals surface area contributed by atoms with Gasteiger partial charge in [0.1, 0.15) is 24.8 Å². The molecule has 4 fully saturated rings. The van der Waals surface area contributed by atoms with E-state index in [1.807, 2.05) is 19.2 Å². The van der Waals surface area contributed by atoms with E-state index < -0.39 is 24.3 Å². The number of likely N-dealkylation sites (N-methyl/N-ethyl adjacent to an activating group) is 2. The van der Waals surface area contributed by atoms with Crippen LogP contribution >= 0.6 is 0 Å². The molecule has 6 aliphatic rings. The Morgan fingerprint density at radius 2 is 1.30 bits per heavy atom. The summed E-state index contributed by atoms with van der Waals surface area (Å²) in [6.07, 6.45) is 6.08. The predicted molar refractivity (Wildman–Crippen MR) is 261 cm³/mol. The van der Waals surface area contributed by atoms with Gasteiger partial charge in [0.25, 0.3) is 0 Å². The highest BCUT2D eigenvalue weighted by Crippen LogP contribution is 2.37. The van der Waals surface area contributed by atoms with Crippen LogP contribution in [0.15, 0.2) is 30.5 Å². The van der Waals surface area contributed by atoms with Crippen LogP contribution in [-0.2, 0) is 30.7 Å². The topological polar surface area (TPSA) is 209 Å². The third-order valence-electron chi connectivity index (χ3n) is 15.2. The van der Waals surface area contributed by atoms with E-state index in [-0.39, 0.29) is 32.0 Å². The second-order valence-electron chi connectivity index (χ2n) is 19.5. The minimum Gasteiger partial charge on any atom is -0.462 e. The fraction of sp³-hybridized carbons (Fsp3) is 0.580. The summed E-state index contributed by atoms with van der Waals surface area (Å²) in [5, 5.41) is 25.7. The Hall–Kier alpha value is -6.61. The normalized spacial score (nSPS) is 22.9. The molecule has 368 valence electrons. The Morgan fingerprint density at radius 3 is 1.89 bits per heavy atom. The molecule has 0 radical (unpaired) electrons. The van der Waals surface area contributed by atoms with Gasteiger partial charge in [-0.3, -0.25) is 4.98 Å². The number of piperazine rings is 2. The largest absolute Gasteiger partial charge is 0.462 e. The highest BCUT2D eigenvalue weighted by atomic mass is 16.6. The van der Waals surface area contributed by atoms with Gasteiger partial charge in [-0.1, -0.05) is 24.3 Å². The second kappa shape index (κ2) is 20.8. The molecule has 0 spiro atoms. The highest BCUT2D eigenvalue weighted by Gasteiger charge is 2.39. The molecule has 0 saturated carbocycles. The number of nitriles is 2. The number of aromatic nitrogens is 5. The Kier molecular flexibility index (Phi) is 14.0. The molecule has 9 heterocycles. The molecule has 0 unspecified atom stereocenters. The molecule has 0 bridgehead atoms. The summed E-state index contributed by atoms with van der Waals surface area (Å²) in [6.45, 7) is 9.50. The number of carbonyl (C=O) groups is 2. The quantitative estimate of drug-likeness (QED) is 0.210. The zero-order valence-electron chi connectivity index (χ0n) is 40.6. The first-order valence-electron chi connectivity index (χ1n) is 24.9. The van der Waals surface area contributed by atoms with Crippen molar-refractivity contribution in [2.45, 2.75) is 95.5 Å². The number of nitrogens with one attached hydrogen (secondary N) is 1. The standard InChI is InChI=1S/C50H63N15O5/c1-33-44(39-11-5-4-8-34(39)26-54-33)61-21-15-41-43(30-61)56-48(69-32-38-10-7-20-60(38)3)58-46(41)63-23-25-65(36(29-63)13-17-52)50(67)70-49(66)64-24-22-62(28-35(64)12-16-51)45-40-14-18-53-27-42(40)55-47(57-45)68-31-37-9-6-19-59(37)2/h4-5,8,11,26,35-38,53H,6-7,9-10,12-15,18-25,27-32H2,1-3H3/t35-,36-,37-,38-/m0/s1. The maximum absolute atomic E-state index is 14.1. The summed E-state index contributed by atoms with van der Waals surface area (Å²) in [5.74, 6) is 1.49. The fourth-order valence-corrected chi connectivity index (χ4v) is 11.2. The van der Waals surface area contributed by atoms with Crippen molar-refractivity contribution >= 4 is 40.3 Å². The van der Waals surface area contributed by atoms with Crippen LogP contribution in [0.5, 0.6) is 12.0 Å². The van der Waals surface area contributed by atoms with E-state index in [0.717, 1.165) is 115 Å². The Morgan fingerprint density at radius 1 is 0.714 bits per heavy atom. The first-order valence-corrected chi connectivity index (χ1v) is 24.9. The SMILES string of the molecule is Cc1ncc2ccccc2c1N1CCc2c(nc(OC[C@@H]3CCCN3C)nc2N2CCN(C(=O)OC(=O)N3CCN(c4nc(OC[C@@H]5CCCN5C)nc5c4CCNC5)C[C@@H]3CC#N)[C@@H](CC#N)C2)C1. The lowest BCUT2D eigenvalue weighted by Gasteiger charge is -2.43. The van der Waals surface area contributed by atoms with Crippen molar-refractivity contribution in [2.24, 2.45) is 0 Å². The van der Waals surface area contributed by atoms with Crippen molar-refractivity contribution in [2.75, 3.05) is 107 Å². The van der Waals surface area contributed by atoms with E-state index in [0.29, 0.717) is 77.0 Å². The number of hydrogen-bond donors (Lipinski definition) is 1. The van der Waals surface area contributed by atoms with E-state index in [1.165, 1.54) is 9.80 Å². The first-order chi connectivity index (χ1) is 34.1. The summed E-state index contributed by atoms with van der Waals surface area (Å²) in [4.78, 5) is 66.8. The van der Waals surface area contributed by atoms with Gasteiger partial charge in [0.15, 0.2) is 0 Å². The molecule has 20 heteroatoms. The Bertz CT molecular complexity index is 2680. The van der Waals surface area contributed by atoms with Crippen LogP contribution in [0.1, 0.15) is 66.7 Å². The van der Waals surface area contributed by atoms with Crippen LogP contribution in [0.25, 0.3) is 10.8 Å². The fourth-order valence-electron chi connectivity index (χ4n) is 11.2. The van der Waals surface area contributed by atoms with Crippen molar-refractivity contribution in [3.8, 4) is 24.2 Å². The first kappa shape index (κ1) is 47.1. The minimum absolute atomic E-state index is 0.0170. The van der Waals surface area contributed by atoms with Gasteiger partial charge >= 0.3 is 24.2 Å². The summed E-state index contributed by atoms with van der Waals surface area (Å²) in [7, 11) is 4.22. The lowest BCUT2D eigenvalue weighted by Crippen LogP contribution is -2.58. The van der Waals surface area contributed by atoms with Gasteiger partial charge in [-0.15, -0.1) is 0 Å². The molecule has 4 saturated heterocycles. The monoisotopic (exact) mass is 954 g/mol. The van der Waals surface area contributed by atoms with Gasteiger partial charge in [0.05, 0.1) is 66.4 Å². The minimum atomic E-state index is -0.820.